The number of carbonyl (C=O) groups excluding carboxylic acids is 1. The molecule has 0 bridgehead atoms. The third-order valence-corrected chi connectivity index (χ3v) is 8.11. The summed E-state index contributed by atoms with van der Waals surface area (Å²) in [5, 5.41) is 33.7. The van der Waals surface area contributed by atoms with Crippen LogP contribution in [-0.2, 0) is 16.1 Å². The van der Waals surface area contributed by atoms with E-state index in [0.717, 1.165) is 18.5 Å². The second-order valence-corrected chi connectivity index (χ2v) is 11.5. The van der Waals surface area contributed by atoms with E-state index in [9.17, 15) is 24.6 Å². The van der Waals surface area contributed by atoms with Gasteiger partial charge in [0.1, 0.15) is 6.04 Å². The van der Waals surface area contributed by atoms with E-state index in [0.29, 0.717) is 35.8 Å². The molecule has 3 aromatic rings. The minimum absolute atomic E-state index is 0.131. The Morgan fingerprint density at radius 2 is 1.88 bits per heavy atom. The quantitative estimate of drug-likeness (QED) is 0.126. The summed E-state index contributed by atoms with van der Waals surface area (Å²) in [6, 6.07) is 5.34. The van der Waals surface area contributed by atoms with Gasteiger partial charge in [0.05, 0.1) is 24.5 Å². The Hall–Kier alpha value is -3.86. The molecule has 1 fully saturated rings. The van der Waals surface area contributed by atoms with Crippen molar-refractivity contribution in [2.75, 3.05) is 23.0 Å². The van der Waals surface area contributed by atoms with Crippen molar-refractivity contribution in [1.82, 2.24) is 25.3 Å². The van der Waals surface area contributed by atoms with Crippen molar-refractivity contribution in [2.24, 2.45) is 0 Å². The molecule has 218 valence electrons. The van der Waals surface area contributed by atoms with Gasteiger partial charge in [0.15, 0.2) is 17.0 Å². The Morgan fingerprint density at radius 3 is 2.54 bits per heavy atom. The molecule has 0 radical (unpaired) electrons. The van der Waals surface area contributed by atoms with E-state index >= 15 is 0 Å². The molecule has 4 unspecified atom stereocenters. The number of aliphatic hydroxyl groups excluding tert-OH is 1. The van der Waals surface area contributed by atoms with Gasteiger partial charge in [0.25, 0.3) is 5.91 Å². The predicted molar refractivity (Wildman–Crippen MR) is 159 cm³/mol. The molecule has 41 heavy (non-hydrogen) atoms. The SMILES string of the molecule is CN(Cc1cnc2nc(NC3CCC(O)C(I)C3)nc(N)c2n1)c1ccc(C(=O)NC(CCC(=O)O)C(=O)O)cc1. The Morgan fingerprint density at radius 1 is 1.15 bits per heavy atom. The average molecular weight is 678 g/mol. The predicted octanol–water partition coefficient (Wildman–Crippen LogP) is 1.82. The molecule has 2 aromatic heterocycles. The summed E-state index contributed by atoms with van der Waals surface area (Å²) in [7, 11) is 1.83. The molecule has 0 spiro atoms. The molecular formula is C26H31IN8O6. The van der Waals surface area contributed by atoms with Gasteiger partial charge in [0.2, 0.25) is 5.95 Å². The number of carboxylic acid groups (broad SMARTS) is 2. The van der Waals surface area contributed by atoms with Crippen LogP contribution in [0.15, 0.2) is 30.5 Å². The number of carbonyl (C=O) groups is 3. The smallest absolute Gasteiger partial charge is 0.326 e. The van der Waals surface area contributed by atoms with Crippen LogP contribution in [0.5, 0.6) is 0 Å². The highest BCUT2D eigenvalue weighted by atomic mass is 127. The van der Waals surface area contributed by atoms with Crippen LogP contribution in [-0.4, -0.2) is 82.3 Å². The number of carboxylic acids is 2. The third-order valence-electron chi connectivity index (χ3n) is 6.77. The highest BCUT2D eigenvalue weighted by Gasteiger charge is 2.28. The van der Waals surface area contributed by atoms with Gasteiger partial charge in [-0.25, -0.2) is 14.8 Å². The number of aliphatic hydroxyl groups is 1. The molecule has 1 amide bonds. The van der Waals surface area contributed by atoms with Crippen LogP contribution >= 0.6 is 22.6 Å². The fourth-order valence-corrected chi connectivity index (χ4v) is 5.46. The summed E-state index contributed by atoms with van der Waals surface area (Å²) in [5.41, 5.74) is 8.57. The summed E-state index contributed by atoms with van der Waals surface area (Å²) in [6.45, 7) is 0.367. The minimum Gasteiger partial charge on any atom is -0.481 e. The van der Waals surface area contributed by atoms with E-state index in [1.165, 1.54) is 0 Å². The highest BCUT2D eigenvalue weighted by molar-refractivity contribution is 14.1. The van der Waals surface area contributed by atoms with Crippen LogP contribution in [0.2, 0.25) is 0 Å². The highest BCUT2D eigenvalue weighted by Crippen LogP contribution is 2.28. The number of nitrogen functional groups attached to an aromatic ring is 1. The largest absolute Gasteiger partial charge is 0.481 e. The minimum atomic E-state index is -1.31. The van der Waals surface area contributed by atoms with Crippen LogP contribution < -0.4 is 21.3 Å². The van der Waals surface area contributed by atoms with Crippen molar-refractivity contribution in [3.63, 3.8) is 0 Å². The lowest BCUT2D eigenvalue weighted by molar-refractivity contribution is -0.140. The van der Waals surface area contributed by atoms with Gasteiger partial charge >= 0.3 is 11.9 Å². The summed E-state index contributed by atoms with van der Waals surface area (Å²) in [5.74, 6) is -2.48. The molecule has 4 rings (SSSR count). The molecule has 7 N–H and O–H groups in total. The zero-order valence-corrected chi connectivity index (χ0v) is 24.4. The maximum absolute atomic E-state index is 12.5. The van der Waals surface area contributed by atoms with Crippen molar-refractivity contribution in [3.8, 4) is 0 Å². The van der Waals surface area contributed by atoms with Crippen molar-refractivity contribution < 1.29 is 29.7 Å². The lowest BCUT2D eigenvalue weighted by atomic mass is 9.93. The zero-order valence-electron chi connectivity index (χ0n) is 22.2. The van der Waals surface area contributed by atoms with Gasteiger partial charge in [-0.1, -0.05) is 22.6 Å². The molecule has 15 heteroatoms. The molecule has 1 aliphatic carbocycles. The normalized spacial score (nSPS) is 19.3. The number of rotatable bonds is 11. The zero-order chi connectivity index (χ0) is 29.7. The summed E-state index contributed by atoms with van der Waals surface area (Å²) < 4.78 is 0.157. The van der Waals surface area contributed by atoms with Gasteiger partial charge < -0.3 is 36.6 Å². The van der Waals surface area contributed by atoms with Crippen LogP contribution in [0.3, 0.4) is 0 Å². The van der Waals surface area contributed by atoms with E-state index in [1.807, 2.05) is 11.9 Å². The Kier molecular flexibility index (Phi) is 9.69. The molecule has 4 atom stereocenters. The number of hydrogen-bond acceptors (Lipinski definition) is 11. The number of aliphatic carboxylic acids is 2. The number of fused-ring (bicyclic) bond motifs is 1. The second-order valence-electron chi connectivity index (χ2n) is 9.90. The molecule has 1 aromatic carbocycles. The Balaban J connectivity index is 1.39. The fraction of sp³-hybridized carbons (Fsp3) is 0.423. The first-order valence-electron chi connectivity index (χ1n) is 12.9. The standard InChI is InChI=1S/C26H31IN8O6/c1-35(16-5-2-13(3-6-16)24(39)32-18(25(40)41)7-9-20(37)38)12-15-11-29-23-21(30-15)22(28)33-26(34-23)31-14-4-8-19(36)17(27)10-14/h2-3,5-6,11,14,17-19,36H,4,7-10,12H2,1H3,(H,32,39)(H,37,38)(H,40,41)(H3,28,29,31,33,34). The summed E-state index contributed by atoms with van der Waals surface area (Å²) in [6.07, 6.45) is 3.02. The number of aromatic nitrogens is 4. The van der Waals surface area contributed by atoms with E-state index < -0.39 is 23.9 Å². The van der Waals surface area contributed by atoms with E-state index in [-0.39, 0.29) is 40.3 Å². The Bertz CT molecular complexity index is 1430. The van der Waals surface area contributed by atoms with Crippen molar-refractivity contribution >= 4 is 69.1 Å². The summed E-state index contributed by atoms with van der Waals surface area (Å²) in [4.78, 5) is 54.4. The first-order valence-corrected chi connectivity index (χ1v) is 14.2. The summed E-state index contributed by atoms with van der Waals surface area (Å²) >= 11 is 2.26. The molecule has 1 saturated carbocycles. The lowest BCUT2D eigenvalue weighted by Gasteiger charge is -2.30. The second kappa shape index (κ2) is 13.2. The van der Waals surface area contributed by atoms with Crippen LogP contribution in [0.25, 0.3) is 11.2 Å². The first-order chi connectivity index (χ1) is 19.5. The van der Waals surface area contributed by atoms with E-state index in [4.69, 9.17) is 10.8 Å². The molecular weight excluding hydrogens is 647 g/mol. The maximum atomic E-state index is 12.5. The maximum Gasteiger partial charge on any atom is 0.326 e. The van der Waals surface area contributed by atoms with Crippen LogP contribution in [0.4, 0.5) is 17.5 Å². The van der Waals surface area contributed by atoms with Gasteiger partial charge in [0, 0.05) is 34.7 Å². The van der Waals surface area contributed by atoms with Gasteiger partial charge in [-0.15, -0.1) is 0 Å². The number of halogens is 1. The third kappa shape index (κ3) is 7.87. The average Bonchev–Trinajstić information content (AvgIpc) is 2.93. The molecule has 14 nitrogen and oxygen atoms in total. The number of anilines is 3. The van der Waals surface area contributed by atoms with Crippen molar-refractivity contribution in [2.45, 2.75) is 60.8 Å². The lowest BCUT2D eigenvalue weighted by Crippen LogP contribution is -2.41. The topological polar surface area (TPSA) is 217 Å². The molecule has 0 aliphatic heterocycles. The molecule has 2 heterocycles. The number of nitrogens with zero attached hydrogens (tertiary/aromatic N) is 5. The van der Waals surface area contributed by atoms with Crippen LogP contribution in [0.1, 0.15) is 48.2 Å². The van der Waals surface area contributed by atoms with Crippen molar-refractivity contribution in [3.05, 3.63) is 41.7 Å². The van der Waals surface area contributed by atoms with Crippen LogP contribution in [0, 0.1) is 0 Å². The number of nitrogens with two attached hydrogens (primary N) is 1. The fourth-order valence-electron chi connectivity index (χ4n) is 4.49. The van der Waals surface area contributed by atoms with Gasteiger partial charge in [-0.3, -0.25) is 9.59 Å². The number of nitrogens with one attached hydrogen (secondary N) is 2. The van der Waals surface area contributed by atoms with Gasteiger partial charge in [-0.2, -0.15) is 9.97 Å². The number of alkyl halides is 1. The number of hydrogen-bond donors (Lipinski definition) is 6. The Labute approximate surface area is 248 Å². The van der Waals surface area contributed by atoms with Crippen molar-refractivity contribution in [1.29, 1.82) is 0 Å². The number of benzene rings is 1. The van der Waals surface area contributed by atoms with Gasteiger partial charge in [-0.05, 0) is 49.9 Å². The molecule has 1 aliphatic rings. The molecule has 0 saturated heterocycles. The number of amides is 1. The van der Waals surface area contributed by atoms with E-state index in [2.05, 4.69) is 53.2 Å². The van der Waals surface area contributed by atoms with E-state index in [1.54, 1.807) is 30.5 Å². The monoisotopic (exact) mass is 678 g/mol. The first kappa shape index (κ1) is 30.1.